The van der Waals surface area contributed by atoms with Gasteiger partial charge in [-0.05, 0) is 42.5 Å². The Balaban J connectivity index is 1.57. The van der Waals surface area contributed by atoms with Crippen LogP contribution in [0.15, 0.2) is 93.6 Å². The van der Waals surface area contributed by atoms with E-state index < -0.39 is 5.91 Å². The second-order valence-corrected chi connectivity index (χ2v) is 7.63. The molecule has 2 aromatic carbocycles. The molecule has 0 bridgehead atoms. The number of amides is 1. The number of methoxy groups -OCH3 is 1. The number of nitrogens with zero attached hydrogens (tertiary/aromatic N) is 3. The van der Waals surface area contributed by atoms with E-state index in [1.807, 2.05) is 60.7 Å². The lowest BCUT2D eigenvalue weighted by molar-refractivity contribution is -0.117. The average Bonchev–Trinajstić information content (AvgIpc) is 3.65. The summed E-state index contributed by atoms with van der Waals surface area (Å²) in [6.07, 6.45) is 4.78. The maximum absolute atomic E-state index is 12.7. The van der Waals surface area contributed by atoms with Crippen LogP contribution in [0.4, 0.5) is 0 Å². The third kappa shape index (κ3) is 4.43. The van der Waals surface area contributed by atoms with Gasteiger partial charge in [0.25, 0.3) is 5.91 Å². The number of hydrogen-bond donors (Lipinski definition) is 1. The number of rotatable bonds is 7. The molecule has 5 rings (SSSR count). The van der Waals surface area contributed by atoms with E-state index in [4.69, 9.17) is 18.7 Å². The number of carbonyl (C=O) groups excluding carboxylic acids is 1. The smallest absolute Gasteiger partial charge is 0.262 e. The molecular weight excluding hydrogens is 444 g/mol. The van der Waals surface area contributed by atoms with Gasteiger partial charge in [0.1, 0.15) is 23.1 Å². The van der Waals surface area contributed by atoms with Crippen molar-refractivity contribution in [1.29, 1.82) is 5.26 Å². The molecule has 0 saturated heterocycles. The Kier molecular flexibility index (Phi) is 5.89. The summed E-state index contributed by atoms with van der Waals surface area (Å²) < 4.78 is 18.5. The standard InChI is InChI=1S/C27H20N4O4/c1-33-23-11-5-7-18-14-24(35-26(18)23)25-20(17-31(30-25)21-8-3-2-4-9-21)13-19(15-28)27(32)29-16-22-10-6-12-34-22/h2-14,17H,16H2,1H3,(H,29,32). The highest BCUT2D eigenvalue weighted by molar-refractivity contribution is 6.02. The van der Waals surface area contributed by atoms with Crippen LogP contribution < -0.4 is 10.1 Å². The van der Waals surface area contributed by atoms with E-state index in [0.29, 0.717) is 34.1 Å². The number of para-hydroxylation sites is 2. The zero-order valence-corrected chi connectivity index (χ0v) is 18.8. The van der Waals surface area contributed by atoms with Gasteiger partial charge in [0.2, 0.25) is 0 Å². The lowest BCUT2D eigenvalue weighted by atomic mass is 10.1. The molecule has 0 fully saturated rings. The van der Waals surface area contributed by atoms with Gasteiger partial charge in [0, 0.05) is 17.1 Å². The number of fused-ring (bicyclic) bond motifs is 1. The first kappa shape index (κ1) is 21.8. The van der Waals surface area contributed by atoms with Gasteiger partial charge in [-0.15, -0.1) is 0 Å². The van der Waals surface area contributed by atoms with E-state index in [9.17, 15) is 10.1 Å². The Morgan fingerprint density at radius 2 is 2.03 bits per heavy atom. The van der Waals surface area contributed by atoms with Crippen molar-refractivity contribution in [1.82, 2.24) is 15.1 Å². The molecule has 1 amide bonds. The molecule has 0 saturated carbocycles. The van der Waals surface area contributed by atoms with Crippen molar-refractivity contribution < 1.29 is 18.4 Å². The number of furan rings is 2. The Labute approximate surface area is 200 Å². The van der Waals surface area contributed by atoms with Crippen LogP contribution in [0.1, 0.15) is 11.3 Å². The van der Waals surface area contributed by atoms with Gasteiger partial charge in [-0.1, -0.05) is 30.3 Å². The highest BCUT2D eigenvalue weighted by Crippen LogP contribution is 2.35. The molecule has 0 spiro atoms. The van der Waals surface area contributed by atoms with E-state index in [0.717, 1.165) is 11.1 Å². The molecular formula is C27H20N4O4. The fourth-order valence-electron chi connectivity index (χ4n) is 3.69. The molecule has 1 N–H and O–H groups in total. The summed E-state index contributed by atoms with van der Waals surface area (Å²) in [5, 5.41) is 18.0. The largest absolute Gasteiger partial charge is 0.493 e. The van der Waals surface area contributed by atoms with Crippen molar-refractivity contribution in [2.24, 2.45) is 0 Å². The lowest BCUT2D eigenvalue weighted by Crippen LogP contribution is -2.23. The Morgan fingerprint density at radius 3 is 2.77 bits per heavy atom. The Bertz CT molecular complexity index is 1550. The molecule has 8 heteroatoms. The number of carbonyl (C=O) groups is 1. The number of aromatic nitrogens is 2. The SMILES string of the molecule is COc1cccc2cc(-c3nn(-c4ccccc4)cc3C=C(C#N)C(=O)NCc3ccco3)oc12. The Hall–Kier alpha value is -5.03. The summed E-state index contributed by atoms with van der Waals surface area (Å²) >= 11 is 0. The minimum Gasteiger partial charge on any atom is -0.493 e. The van der Waals surface area contributed by atoms with Gasteiger partial charge in [-0.25, -0.2) is 4.68 Å². The van der Waals surface area contributed by atoms with Crippen molar-refractivity contribution in [2.75, 3.05) is 7.11 Å². The van der Waals surface area contributed by atoms with Gasteiger partial charge in [-0.2, -0.15) is 10.4 Å². The molecule has 3 heterocycles. The summed E-state index contributed by atoms with van der Waals surface area (Å²) in [5.74, 6) is 1.15. The van der Waals surface area contributed by atoms with Crippen LogP contribution in [0.5, 0.6) is 5.75 Å². The molecule has 172 valence electrons. The predicted octanol–water partition coefficient (Wildman–Crippen LogP) is 5.11. The van der Waals surface area contributed by atoms with Crippen molar-refractivity contribution in [3.05, 3.63) is 96.1 Å². The topological polar surface area (TPSA) is 106 Å². The van der Waals surface area contributed by atoms with E-state index in [2.05, 4.69) is 5.32 Å². The first-order chi connectivity index (χ1) is 17.2. The maximum Gasteiger partial charge on any atom is 0.262 e. The molecule has 0 aliphatic heterocycles. The maximum atomic E-state index is 12.7. The van der Waals surface area contributed by atoms with Crippen LogP contribution in [0.2, 0.25) is 0 Å². The first-order valence-electron chi connectivity index (χ1n) is 10.8. The number of ether oxygens (including phenoxy) is 1. The van der Waals surface area contributed by atoms with Crippen LogP contribution in [0.25, 0.3) is 34.2 Å². The van der Waals surface area contributed by atoms with E-state index in [-0.39, 0.29) is 12.1 Å². The molecule has 0 unspecified atom stereocenters. The summed E-state index contributed by atoms with van der Waals surface area (Å²) in [7, 11) is 1.58. The number of hydrogen-bond acceptors (Lipinski definition) is 6. The molecule has 0 aliphatic carbocycles. The number of nitrogens with one attached hydrogen (secondary N) is 1. The molecule has 0 radical (unpaired) electrons. The quantitative estimate of drug-likeness (QED) is 0.265. The molecule has 5 aromatic rings. The van der Waals surface area contributed by atoms with Gasteiger partial charge in [0.05, 0.1) is 25.6 Å². The highest BCUT2D eigenvalue weighted by Gasteiger charge is 2.19. The minimum absolute atomic E-state index is 0.0703. The van der Waals surface area contributed by atoms with Crippen molar-refractivity contribution in [3.8, 4) is 29.0 Å². The van der Waals surface area contributed by atoms with Gasteiger partial charge in [-0.3, -0.25) is 4.79 Å². The monoisotopic (exact) mass is 464 g/mol. The second kappa shape index (κ2) is 9.45. The van der Waals surface area contributed by atoms with Gasteiger partial charge >= 0.3 is 0 Å². The van der Waals surface area contributed by atoms with Crippen molar-refractivity contribution in [2.45, 2.75) is 6.54 Å². The zero-order chi connectivity index (χ0) is 24.2. The second-order valence-electron chi connectivity index (χ2n) is 7.63. The van der Waals surface area contributed by atoms with Crippen LogP contribution in [-0.2, 0) is 11.3 Å². The van der Waals surface area contributed by atoms with Crippen LogP contribution >= 0.6 is 0 Å². The summed E-state index contributed by atoms with van der Waals surface area (Å²) in [6.45, 7) is 0.171. The first-order valence-corrected chi connectivity index (χ1v) is 10.8. The predicted molar refractivity (Wildman–Crippen MR) is 129 cm³/mol. The molecule has 35 heavy (non-hydrogen) atoms. The summed E-state index contributed by atoms with van der Waals surface area (Å²) in [6, 6.07) is 22.5. The van der Waals surface area contributed by atoms with Crippen LogP contribution in [0.3, 0.4) is 0 Å². The summed E-state index contributed by atoms with van der Waals surface area (Å²) in [4.78, 5) is 12.7. The fourth-order valence-corrected chi connectivity index (χ4v) is 3.69. The third-order valence-electron chi connectivity index (χ3n) is 5.39. The van der Waals surface area contributed by atoms with Crippen molar-refractivity contribution in [3.63, 3.8) is 0 Å². The van der Waals surface area contributed by atoms with Crippen LogP contribution in [0, 0.1) is 11.3 Å². The highest BCUT2D eigenvalue weighted by atomic mass is 16.5. The van der Waals surface area contributed by atoms with Gasteiger partial charge in [0.15, 0.2) is 17.1 Å². The fraction of sp³-hybridized carbons (Fsp3) is 0.0741. The Morgan fingerprint density at radius 1 is 1.17 bits per heavy atom. The summed E-state index contributed by atoms with van der Waals surface area (Å²) in [5.41, 5.74) is 2.38. The number of benzene rings is 2. The molecule has 0 aliphatic rings. The normalized spacial score (nSPS) is 11.4. The zero-order valence-electron chi connectivity index (χ0n) is 18.8. The number of nitriles is 1. The third-order valence-corrected chi connectivity index (χ3v) is 5.39. The van der Waals surface area contributed by atoms with Gasteiger partial charge < -0.3 is 18.9 Å². The van der Waals surface area contributed by atoms with Crippen molar-refractivity contribution >= 4 is 23.0 Å². The average molecular weight is 464 g/mol. The lowest BCUT2D eigenvalue weighted by Gasteiger charge is -2.02. The van der Waals surface area contributed by atoms with E-state index in [1.54, 1.807) is 30.1 Å². The minimum atomic E-state index is -0.520. The van der Waals surface area contributed by atoms with E-state index in [1.165, 1.54) is 12.3 Å². The molecule has 0 atom stereocenters. The van der Waals surface area contributed by atoms with E-state index >= 15 is 0 Å². The molecule has 8 nitrogen and oxygen atoms in total. The van der Waals surface area contributed by atoms with Crippen LogP contribution in [-0.4, -0.2) is 22.8 Å². The molecule has 3 aromatic heterocycles.